The second-order valence-electron chi connectivity index (χ2n) is 7.05. The maximum Gasteiger partial charge on any atom is 0.243 e. The Morgan fingerprint density at radius 2 is 1.64 bits per heavy atom. The third-order valence-corrected chi connectivity index (χ3v) is 5.45. The van der Waals surface area contributed by atoms with E-state index in [0.29, 0.717) is 6.54 Å². The summed E-state index contributed by atoms with van der Waals surface area (Å²) in [5, 5.41) is 2.83. The van der Waals surface area contributed by atoms with E-state index in [-0.39, 0.29) is 24.4 Å². The Balaban J connectivity index is 1.87. The molecule has 0 aliphatic heterocycles. The monoisotopic (exact) mass is 399 g/mol. The number of carbonyl (C=O) groups excluding carboxylic acids is 2. The molecule has 150 valence electrons. The molecule has 0 bridgehead atoms. The number of nitrogens with one attached hydrogen (secondary N) is 1. The molecular weight excluding hydrogens is 370 g/mol. The molecule has 0 aliphatic carbocycles. The largest absolute Gasteiger partial charge is 0.335 e. The Hall–Kier alpha value is -2.31. The van der Waals surface area contributed by atoms with Crippen molar-refractivity contribution in [1.29, 1.82) is 0 Å². The molecule has 0 saturated carbocycles. The summed E-state index contributed by atoms with van der Waals surface area (Å²) in [7, 11) is 3.58. The second kappa shape index (κ2) is 10.3. The normalized spacial score (nSPS) is 11.9. The van der Waals surface area contributed by atoms with Gasteiger partial charge in [0.1, 0.15) is 0 Å². The van der Waals surface area contributed by atoms with E-state index >= 15 is 0 Å². The van der Waals surface area contributed by atoms with Crippen molar-refractivity contribution in [2.45, 2.75) is 31.3 Å². The third kappa shape index (κ3) is 6.39. The molecule has 0 spiro atoms. The van der Waals surface area contributed by atoms with Crippen LogP contribution in [0.4, 0.5) is 5.69 Å². The van der Waals surface area contributed by atoms with E-state index in [1.165, 1.54) is 9.80 Å². The number of amides is 2. The molecule has 2 rings (SSSR count). The Morgan fingerprint density at radius 3 is 2.21 bits per heavy atom. The number of nitrogens with zero attached hydrogens (tertiary/aromatic N) is 2. The third-order valence-electron chi connectivity index (χ3n) is 4.70. The highest BCUT2D eigenvalue weighted by Crippen LogP contribution is 2.16. The van der Waals surface area contributed by atoms with Crippen molar-refractivity contribution < 1.29 is 9.59 Å². The van der Waals surface area contributed by atoms with E-state index in [1.807, 2.05) is 56.3 Å². The average Bonchev–Trinajstić information content (AvgIpc) is 2.69. The van der Waals surface area contributed by atoms with Gasteiger partial charge in [0.2, 0.25) is 11.8 Å². The van der Waals surface area contributed by atoms with Gasteiger partial charge in [-0.3, -0.25) is 14.5 Å². The first kappa shape index (κ1) is 22.0. The molecule has 2 aromatic carbocycles. The fraction of sp³-hybridized carbons (Fsp3) is 0.364. The maximum absolute atomic E-state index is 12.7. The smallest absolute Gasteiger partial charge is 0.243 e. The standard InChI is InChI=1S/C22H29N3O2S/c1-16-6-10-19(11-7-16)23-21(26)15-25(4)22(27)17(2)24(3)14-18-8-12-20(28-5)13-9-18/h6-13,17H,14-15H2,1-5H3,(H,23,26)/t17-/m1/s1. The molecular formula is C22H29N3O2S. The zero-order valence-corrected chi connectivity index (χ0v) is 18.0. The van der Waals surface area contributed by atoms with Crippen LogP contribution >= 0.6 is 11.8 Å². The Bertz CT molecular complexity index is 790. The number of hydrogen-bond donors (Lipinski definition) is 1. The van der Waals surface area contributed by atoms with Crippen LogP contribution in [0.15, 0.2) is 53.4 Å². The van der Waals surface area contributed by atoms with Gasteiger partial charge < -0.3 is 10.2 Å². The van der Waals surface area contributed by atoms with Crippen LogP contribution in [-0.2, 0) is 16.1 Å². The summed E-state index contributed by atoms with van der Waals surface area (Å²) in [5.41, 5.74) is 3.01. The molecule has 1 N–H and O–H groups in total. The number of anilines is 1. The summed E-state index contributed by atoms with van der Waals surface area (Å²) in [6.45, 7) is 4.55. The number of carbonyl (C=O) groups is 2. The lowest BCUT2D eigenvalue weighted by molar-refractivity contribution is -0.137. The van der Waals surface area contributed by atoms with Gasteiger partial charge in [-0.1, -0.05) is 29.8 Å². The number of aryl methyl sites for hydroxylation is 1. The lowest BCUT2D eigenvalue weighted by atomic mass is 10.2. The number of rotatable bonds is 8. The zero-order chi connectivity index (χ0) is 20.7. The first-order valence-corrected chi connectivity index (χ1v) is 10.5. The molecule has 28 heavy (non-hydrogen) atoms. The molecule has 0 fully saturated rings. The van der Waals surface area contributed by atoms with Crippen LogP contribution in [0.5, 0.6) is 0 Å². The summed E-state index contributed by atoms with van der Waals surface area (Å²) in [6, 6.07) is 15.6. The van der Waals surface area contributed by atoms with Crippen LogP contribution in [0.1, 0.15) is 18.1 Å². The minimum atomic E-state index is -0.322. The van der Waals surface area contributed by atoms with Crippen LogP contribution in [-0.4, -0.2) is 54.6 Å². The van der Waals surface area contributed by atoms with Gasteiger partial charge in [-0.05, 0) is 57.0 Å². The highest BCUT2D eigenvalue weighted by atomic mass is 32.2. The van der Waals surface area contributed by atoms with Gasteiger partial charge >= 0.3 is 0 Å². The van der Waals surface area contributed by atoms with Crippen LogP contribution in [0.3, 0.4) is 0 Å². The summed E-state index contributed by atoms with van der Waals surface area (Å²) in [6.07, 6.45) is 2.05. The van der Waals surface area contributed by atoms with Gasteiger partial charge in [-0.15, -0.1) is 11.8 Å². The lowest BCUT2D eigenvalue weighted by Crippen LogP contribution is -2.46. The predicted molar refractivity (Wildman–Crippen MR) is 117 cm³/mol. The molecule has 1 atom stereocenters. The molecule has 0 radical (unpaired) electrons. The van der Waals surface area contributed by atoms with Gasteiger partial charge in [-0.2, -0.15) is 0 Å². The molecule has 0 aromatic heterocycles. The Morgan fingerprint density at radius 1 is 1.04 bits per heavy atom. The number of likely N-dealkylation sites (N-methyl/N-ethyl adjacent to an activating group) is 2. The highest BCUT2D eigenvalue weighted by molar-refractivity contribution is 7.98. The minimum Gasteiger partial charge on any atom is -0.335 e. The number of benzene rings is 2. The second-order valence-corrected chi connectivity index (χ2v) is 7.93. The fourth-order valence-electron chi connectivity index (χ4n) is 2.79. The Kier molecular flexibility index (Phi) is 8.08. The molecule has 2 aromatic rings. The molecule has 0 saturated heterocycles. The van der Waals surface area contributed by atoms with E-state index in [9.17, 15) is 9.59 Å². The van der Waals surface area contributed by atoms with E-state index in [4.69, 9.17) is 0 Å². The van der Waals surface area contributed by atoms with E-state index in [1.54, 1.807) is 18.8 Å². The van der Waals surface area contributed by atoms with E-state index in [2.05, 4.69) is 29.6 Å². The minimum absolute atomic E-state index is 0.0211. The van der Waals surface area contributed by atoms with Gasteiger partial charge in [0.15, 0.2) is 0 Å². The highest BCUT2D eigenvalue weighted by Gasteiger charge is 2.23. The quantitative estimate of drug-likeness (QED) is 0.689. The number of thioether (sulfide) groups is 1. The predicted octanol–water partition coefficient (Wildman–Crippen LogP) is 3.63. The van der Waals surface area contributed by atoms with E-state index in [0.717, 1.165) is 16.8 Å². The molecule has 5 nitrogen and oxygen atoms in total. The molecule has 0 aliphatic rings. The van der Waals surface area contributed by atoms with Crippen molar-refractivity contribution in [2.75, 3.05) is 32.2 Å². The van der Waals surface area contributed by atoms with Gasteiger partial charge in [0.25, 0.3) is 0 Å². The maximum atomic E-state index is 12.7. The van der Waals surface area contributed by atoms with Crippen molar-refractivity contribution in [2.24, 2.45) is 0 Å². The van der Waals surface area contributed by atoms with Crippen molar-refractivity contribution in [1.82, 2.24) is 9.80 Å². The summed E-state index contributed by atoms with van der Waals surface area (Å²) >= 11 is 1.71. The average molecular weight is 400 g/mol. The van der Waals surface area contributed by atoms with Gasteiger partial charge in [0.05, 0.1) is 12.6 Å². The molecule has 2 amide bonds. The summed E-state index contributed by atoms with van der Waals surface area (Å²) < 4.78 is 0. The molecule has 0 unspecified atom stereocenters. The molecule has 0 heterocycles. The van der Waals surface area contributed by atoms with Crippen molar-refractivity contribution in [3.8, 4) is 0 Å². The lowest BCUT2D eigenvalue weighted by Gasteiger charge is -2.28. The zero-order valence-electron chi connectivity index (χ0n) is 17.2. The van der Waals surface area contributed by atoms with Crippen LogP contribution in [0, 0.1) is 6.92 Å². The summed E-state index contributed by atoms with van der Waals surface area (Å²) in [5.74, 6) is -0.287. The van der Waals surface area contributed by atoms with Crippen LogP contribution in [0.25, 0.3) is 0 Å². The topological polar surface area (TPSA) is 52.7 Å². The fourth-order valence-corrected chi connectivity index (χ4v) is 3.20. The van der Waals surface area contributed by atoms with Crippen molar-refractivity contribution >= 4 is 29.3 Å². The van der Waals surface area contributed by atoms with Crippen LogP contribution in [0.2, 0.25) is 0 Å². The summed E-state index contributed by atoms with van der Waals surface area (Å²) in [4.78, 5) is 29.6. The van der Waals surface area contributed by atoms with Crippen molar-refractivity contribution in [3.05, 3.63) is 59.7 Å². The van der Waals surface area contributed by atoms with Crippen molar-refractivity contribution in [3.63, 3.8) is 0 Å². The van der Waals surface area contributed by atoms with Gasteiger partial charge in [0, 0.05) is 24.2 Å². The first-order chi connectivity index (χ1) is 13.3. The Labute approximate surface area is 172 Å². The van der Waals surface area contributed by atoms with Gasteiger partial charge in [-0.25, -0.2) is 0 Å². The van der Waals surface area contributed by atoms with Crippen LogP contribution < -0.4 is 5.32 Å². The SMILES string of the molecule is CSc1ccc(CN(C)[C@H](C)C(=O)N(C)CC(=O)Nc2ccc(C)cc2)cc1. The first-order valence-electron chi connectivity index (χ1n) is 9.25. The number of hydrogen-bond acceptors (Lipinski definition) is 4. The van der Waals surface area contributed by atoms with E-state index < -0.39 is 0 Å². The molecule has 6 heteroatoms.